The largest absolute Gasteiger partial charge is 0.497 e. The molecule has 1 N–H and O–H groups in total. The molecule has 88 valence electrons. The molecule has 1 rings (SSSR count). The molecule has 0 radical (unpaired) electrons. The monoisotopic (exact) mass is 222 g/mol. The quantitative estimate of drug-likeness (QED) is 0.569. The Balaban J connectivity index is 2.60. The van der Waals surface area contributed by atoms with Crippen LogP contribution in [0.15, 0.2) is 30.9 Å². The van der Waals surface area contributed by atoms with Gasteiger partial charge in [0.2, 0.25) is 0 Å². The average molecular weight is 222 g/mol. The lowest BCUT2D eigenvalue weighted by molar-refractivity contribution is 0.260. The van der Waals surface area contributed by atoms with Gasteiger partial charge in [0.15, 0.2) is 0 Å². The molecule has 1 aromatic carbocycles. The Hall–Kier alpha value is -1.48. The zero-order valence-electron chi connectivity index (χ0n) is 9.61. The van der Waals surface area contributed by atoms with E-state index in [1.165, 1.54) is 0 Å². The molecule has 1 aromatic rings. The zero-order valence-corrected chi connectivity index (χ0v) is 9.61. The summed E-state index contributed by atoms with van der Waals surface area (Å²) in [6.45, 7) is 4.23. The lowest BCUT2D eigenvalue weighted by Crippen LogP contribution is -2.00. The standard InChI is InChI=1S/C13H18O3/c1-3-4-5-8-16-13-7-6-12(15-2)9-11(13)10-14/h3,6-7,9,14H,1,4-5,8,10H2,2H3. The summed E-state index contributed by atoms with van der Waals surface area (Å²) in [7, 11) is 1.60. The van der Waals surface area contributed by atoms with Crippen LogP contribution in [0.1, 0.15) is 18.4 Å². The van der Waals surface area contributed by atoms with Crippen LogP contribution in [0.3, 0.4) is 0 Å². The Morgan fingerprint density at radius 3 is 2.88 bits per heavy atom. The summed E-state index contributed by atoms with van der Waals surface area (Å²) in [5.74, 6) is 1.44. The van der Waals surface area contributed by atoms with Gasteiger partial charge in [-0.25, -0.2) is 0 Å². The molecule has 3 heteroatoms. The van der Waals surface area contributed by atoms with Gasteiger partial charge in [-0.3, -0.25) is 0 Å². The Labute approximate surface area is 96.3 Å². The van der Waals surface area contributed by atoms with Crippen LogP contribution in [0.25, 0.3) is 0 Å². The second-order valence-corrected chi connectivity index (χ2v) is 3.41. The first kappa shape index (κ1) is 12.6. The van der Waals surface area contributed by atoms with Crippen molar-refractivity contribution >= 4 is 0 Å². The minimum atomic E-state index is -0.0476. The highest BCUT2D eigenvalue weighted by atomic mass is 16.5. The summed E-state index contributed by atoms with van der Waals surface area (Å²) in [5, 5.41) is 9.19. The Morgan fingerprint density at radius 1 is 1.44 bits per heavy atom. The predicted molar refractivity (Wildman–Crippen MR) is 63.8 cm³/mol. The van der Waals surface area contributed by atoms with E-state index in [0.29, 0.717) is 12.4 Å². The van der Waals surface area contributed by atoms with Gasteiger partial charge in [0.25, 0.3) is 0 Å². The van der Waals surface area contributed by atoms with Crippen LogP contribution in [0.5, 0.6) is 11.5 Å². The summed E-state index contributed by atoms with van der Waals surface area (Å²) in [6.07, 6.45) is 3.73. The van der Waals surface area contributed by atoms with Crippen LogP contribution >= 0.6 is 0 Å². The molecular weight excluding hydrogens is 204 g/mol. The van der Waals surface area contributed by atoms with Crippen molar-refractivity contribution in [1.29, 1.82) is 0 Å². The molecule has 0 saturated heterocycles. The van der Waals surface area contributed by atoms with E-state index in [0.717, 1.165) is 24.2 Å². The molecule has 0 bridgehead atoms. The van der Waals surface area contributed by atoms with Crippen molar-refractivity contribution in [3.05, 3.63) is 36.4 Å². The van der Waals surface area contributed by atoms with E-state index >= 15 is 0 Å². The van der Waals surface area contributed by atoms with E-state index in [2.05, 4.69) is 6.58 Å². The molecule has 0 amide bonds. The van der Waals surface area contributed by atoms with E-state index in [1.807, 2.05) is 18.2 Å². The van der Waals surface area contributed by atoms with Crippen molar-refractivity contribution in [1.82, 2.24) is 0 Å². The fraction of sp³-hybridized carbons (Fsp3) is 0.385. The maximum Gasteiger partial charge on any atom is 0.125 e. The Kier molecular flexibility index (Phi) is 5.43. The second kappa shape index (κ2) is 6.90. The molecule has 0 fully saturated rings. The fourth-order valence-corrected chi connectivity index (χ4v) is 1.36. The molecule has 0 aliphatic rings. The topological polar surface area (TPSA) is 38.7 Å². The normalized spacial score (nSPS) is 9.88. The molecule has 16 heavy (non-hydrogen) atoms. The number of allylic oxidation sites excluding steroid dienone is 1. The van der Waals surface area contributed by atoms with Gasteiger partial charge in [-0.15, -0.1) is 6.58 Å². The maximum absolute atomic E-state index is 9.19. The number of hydrogen-bond acceptors (Lipinski definition) is 3. The van der Waals surface area contributed by atoms with Gasteiger partial charge in [0.05, 0.1) is 20.3 Å². The SMILES string of the molecule is C=CCCCOc1ccc(OC)cc1CO. The van der Waals surface area contributed by atoms with Crippen molar-refractivity contribution in [2.24, 2.45) is 0 Å². The zero-order chi connectivity index (χ0) is 11.8. The number of ether oxygens (including phenoxy) is 2. The van der Waals surface area contributed by atoms with Gasteiger partial charge in [-0.05, 0) is 31.0 Å². The van der Waals surface area contributed by atoms with Gasteiger partial charge in [-0.2, -0.15) is 0 Å². The molecule has 3 nitrogen and oxygen atoms in total. The molecule has 0 unspecified atom stereocenters. The number of unbranched alkanes of at least 4 members (excludes halogenated alkanes) is 1. The number of methoxy groups -OCH3 is 1. The third-order valence-electron chi connectivity index (χ3n) is 2.25. The third kappa shape index (κ3) is 3.59. The van der Waals surface area contributed by atoms with Crippen LogP contribution < -0.4 is 9.47 Å². The van der Waals surface area contributed by atoms with E-state index in [1.54, 1.807) is 13.2 Å². The van der Waals surface area contributed by atoms with Crippen LogP contribution in [0.4, 0.5) is 0 Å². The first-order valence-electron chi connectivity index (χ1n) is 5.33. The number of benzene rings is 1. The number of rotatable bonds is 7. The van der Waals surface area contributed by atoms with Crippen LogP contribution in [-0.4, -0.2) is 18.8 Å². The fourth-order valence-electron chi connectivity index (χ4n) is 1.36. The van der Waals surface area contributed by atoms with Crippen molar-refractivity contribution < 1.29 is 14.6 Å². The van der Waals surface area contributed by atoms with Gasteiger partial charge in [0.1, 0.15) is 11.5 Å². The summed E-state index contributed by atoms with van der Waals surface area (Å²) >= 11 is 0. The maximum atomic E-state index is 9.19. The van der Waals surface area contributed by atoms with Gasteiger partial charge in [-0.1, -0.05) is 6.08 Å². The molecule has 0 heterocycles. The molecule has 0 saturated carbocycles. The minimum Gasteiger partial charge on any atom is -0.497 e. The summed E-state index contributed by atoms with van der Waals surface area (Å²) in [4.78, 5) is 0. The lowest BCUT2D eigenvalue weighted by atomic mass is 10.2. The molecule has 0 aromatic heterocycles. The number of aliphatic hydroxyl groups is 1. The third-order valence-corrected chi connectivity index (χ3v) is 2.25. The second-order valence-electron chi connectivity index (χ2n) is 3.41. The molecule has 0 aliphatic carbocycles. The molecule has 0 aliphatic heterocycles. The Bertz CT molecular complexity index is 334. The number of aliphatic hydroxyl groups excluding tert-OH is 1. The van der Waals surface area contributed by atoms with Crippen molar-refractivity contribution in [3.8, 4) is 11.5 Å². The summed E-state index contributed by atoms with van der Waals surface area (Å²) in [5.41, 5.74) is 0.748. The average Bonchev–Trinajstić information content (AvgIpc) is 2.34. The van der Waals surface area contributed by atoms with E-state index in [9.17, 15) is 5.11 Å². The molecule has 0 atom stereocenters. The predicted octanol–water partition coefficient (Wildman–Crippen LogP) is 2.53. The highest BCUT2D eigenvalue weighted by Gasteiger charge is 2.04. The van der Waals surface area contributed by atoms with Crippen molar-refractivity contribution in [3.63, 3.8) is 0 Å². The van der Waals surface area contributed by atoms with Gasteiger partial charge in [0, 0.05) is 5.56 Å². The minimum absolute atomic E-state index is 0.0476. The smallest absolute Gasteiger partial charge is 0.125 e. The summed E-state index contributed by atoms with van der Waals surface area (Å²) in [6, 6.07) is 5.42. The van der Waals surface area contributed by atoms with Crippen LogP contribution in [0.2, 0.25) is 0 Å². The van der Waals surface area contributed by atoms with Crippen molar-refractivity contribution in [2.75, 3.05) is 13.7 Å². The molecular formula is C13H18O3. The van der Waals surface area contributed by atoms with E-state index in [-0.39, 0.29) is 6.61 Å². The van der Waals surface area contributed by atoms with Crippen LogP contribution in [-0.2, 0) is 6.61 Å². The lowest BCUT2D eigenvalue weighted by Gasteiger charge is -2.11. The van der Waals surface area contributed by atoms with E-state index < -0.39 is 0 Å². The molecule has 0 spiro atoms. The summed E-state index contributed by atoms with van der Waals surface area (Å²) < 4.78 is 10.6. The Morgan fingerprint density at radius 2 is 2.25 bits per heavy atom. The first-order valence-corrected chi connectivity index (χ1v) is 5.33. The number of hydrogen-bond donors (Lipinski definition) is 1. The van der Waals surface area contributed by atoms with Crippen molar-refractivity contribution in [2.45, 2.75) is 19.4 Å². The van der Waals surface area contributed by atoms with E-state index in [4.69, 9.17) is 9.47 Å². The highest BCUT2D eigenvalue weighted by molar-refractivity contribution is 5.39. The van der Waals surface area contributed by atoms with Gasteiger partial charge >= 0.3 is 0 Å². The first-order chi connectivity index (χ1) is 7.81. The van der Waals surface area contributed by atoms with Gasteiger partial charge < -0.3 is 14.6 Å². The highest BCUT2D eigenvalue weighted by Crippen LogP contribution is 2.24. The van der Waals surface area contributed by atoms with Crippen LogP contribution in [0, 0.1) is 0 Å².